The van der Waals surface area contributed by atoms with Crippen LogP contribution in [-0.4, -0.2) is 36.5 Å². The largest absolute Gasteiger partial charge is 0.482 e. The molecule has 0 unspecified atom stereocenters. The number of fused-ring (bicyclic) bond motifs is 1. The summed E-state index contributed by atoms with van der Waals surface area (Å²) in [6.45, 7) is 9.30. The van der Waals surface area contributed by atoms with Gasteiger partial charge in [-0.3, -0.25) is 10.3 Å². The van der Waals surface area contributed by atoms with Gasteiger partial charge in [0.15, 0.2) is 17.3 Å². The average molecular weight is 323 g/mol. The van der Waals surface area contributed by atoms with E-state index in [0.29, 0.717) is 24.7 Å². The molecule has 1 atom stereocenters. The summed E-state index contributed by atoms with van der Waals surface area (Å²) in [6, 6.07) is 7.52. The van der Waals surface area contributed by atoms with Crippen molar-refractivity contribution in [1.82, 2.24) is 5.48 Å². The van der Waals surface area contributed by atoms with Crippen molar-refractivity contribution in [3.05, 3.63) is 35.7 Å². The summed E-state index contributed by atoms with van der Waals surface area (Å²) in [5.74, 6) is 2.09. The molecule has 6 heteroatoms. The number of aliphatic hydroxyl groups excluding tert-OH is 1. The second-order valence-electron chi connectivity index (χ2n) is 6.76. The van der Waals surface area contributed by atoms with Gasteiger partial charge in [-0.05, 0) is 39.8 Å². The number of hydrogen-bond acceptors (Lipinski definition) is 5. The van der Waals surface area contributed by atoms with Crippen LogP contribution in [0.2, 0.25) is 0 Å². The highest BCUT2D eigenvalue weighted by molar-refractivity contribution is 5.42. The van der Waals surface area contributed by atoms with Crippen LogP contribution >= 0.6 is 0 Å². The van der Waals surface area contributed by atoms with Crippen molar-refractivity contribution in [2.45, 2.75) is 39.3 Å². The quantitative estimate of drug-likeness (QED) is 0.679. The Bertz CT molecular complexity index is 552. The Morgan fingerprint density at radius 2 is 2.04 bits per heavy atom. The van der Waals surface area contributed by atoms with Crippen molar-refractivity contribution in [2.75, 3.05) is 19.8 Å². The Morgan fingerprint density at radius 1 is 1.35 bits per heavy atom. The molecule has 0 fully saturated rings. The normalized spacial score (nSPS) is 17.6. The van der Waals surface area contributed by atoms with Gasteiger partial charge in [0, 0.05) is 0 Å². The topological polar surface area (TPSA) is 76.6 Å². The lowest BCUT2D eigenvalue weighted by Crippen LogP contribution is -2.96. The van der Waals surface area contributed by atoms with E-state index in [-0.39, 0.29) is 12.1 Å². The number of hydroxylamine groups is 1. The predicted octanol–water partition coefficient (Wildman–Crippen LogP) is 0.933. The second-order valence-corrected chi connectivity index (χ2v) is 6.76. The summed E-state index contributed by atoms with van der Waals surface area (Å²) in [5.41, 5.74) is 3.63. The van der Waals surface area contributed by atoms with Crippen LogP contribution in [-0.2, 0) is 4.84 Å². The Kier molecular flexibility index (Phi) is 5.87. The Balaban J connectivity index is 1.78. The minimum Gasteiger partial charge on any atom is -0.482 e. The van der Waals surface area contributed by atoms with E-state index >= 15 is 0 Å². The van der Waals surface area contributed by atoms with E-state index in [0.717, 1.165) is 11.4 Å². The Hall–Kier alpha value is -1.76. The molecule has 4 N–H and O–H groups in total. The van der Waals surface area contributed by atoms with Gasteiger partial charge in [-0.15, -0.1) is 0 Å². The lowest BCUT2D eigenvalue weighted by Gasteiger charge is -2.23. The smallest absolute Gasteiger partial charge is 0.169 e. The highest BCUT2D eigenvalue weighted by Gasteiger charge is 2.18. The van der Waals surface area contributed by atoms with E-state index < -0.39 is 6.10 Å². The molecule has 128 valence electrons. The number of quaternary nitrogens is 1. The lowest BCUT2D eigenvalue weighted by molar-refractivity contribution is -0.722. The molecule has 6 nitrogen and oxygen atoms in total. The zero-order valence-corrected chi connectivity index (χ0v) is 14.3. The van der Waals surface area contributed by atoms with E-state index in [2.05, 4.69) is 31.6 Å². The van der Waals surface area contributed by atoms with Crippen LogP contribution in [0.4, 0.5) is 0 Å². The molecule has 1 heterocycles. The average Bonchev–Trinajstić information content (AvgIpc) is 2.51. The number of rotatable bonds is 6. The van der Waals surface area contributed by atoms with Crippen LogP contribution in [0.3, 0.4) is 0 Å². The molecule has 23 heavy (non-hydrogen) atoms. The number of hydrogen-bond donors (Lipinski definition) is 3. The lowest BCUT2D eigenvalue weighted by atomic mass is 10.1. The summed E-state index contributed by atoms with van der Waals surface area (Å²) in [4.78, 5) is 5.35. The van der Waals surface area contributed by atoms with Gasteiger partial charge in [0.1, 0.15) is 25.9 Å². The van der Waals surface area contributed by atoms with Crippen LogP contribution in [0, 0.1) is 0 Å². The zero-order chi connectivity index (χ0) is 16.9. The first-order chi connectivity index (χ1) is 10.8. The predicted molar refractivity (Wildman–Crippen MR) is 86.9 cm³/mol. The highest BCUT2D eigenvalue weighted by atomic mass is 16.7. The van der Waals surface area contributed by atoms with E-state index in [1.165, 1.54) is 0 Å². The molecule has 0 saturated carbocycles. The van der Waals surface area contributed by atoms with Crippen molar-refractivity contribution >= 4 is 0 Å². The van der Waals surface area contributed by atoms with Crippen LogP contribution < -0.4 is 20.3 Å². The van der Waals surface area contributed by atoms with Gasteiger partial charge in [-0.2, -0.15) is 0 Å². The molecule has 0 radical (unpaired) electrons. The number of nitrogens with two attached hydrogens (primary N) is 1. The van der Waals surface area contributed by atoms with E-state index in [9.17, 15) is 5.11 Å². The fraction of sp³-hybridized carbons (Fsp3) is 0.529. The summed E-state index contributed by atoms with van der Waals surface area (Å²) < 4.78 is 11.4. The summed E-state index contributed by atoms with van der Waals surface area (Å²) in [7, 11) is 0. The van der Waals surface area contributed by atoms with Crippen molar-refractivity contribution in [3.8, 4) is 11.5 Å². The standard InChI is InChI=1S/C17H26N2O4/c1-12(19-22-10-13(20)9-18-17(2,3)4)16-11-21-14-7-5-6-8-15(14)23-16/h5-8,13,18-20H,9-11H2,1-4H3/p+1/b16-12+/t13-/m0/s1. The zero-order valence-electron chi connectivity index (χ0n) is 14.3. The molecule has 0 aliphatic carbocycles. The Morgan fingerprint density at radius 3 is 2.74 bits per heavy atom. The molecule has 0 aromatic heterocycles. The van der Waals surface area contributed by atoms with Gasteiger partial charge in [0.2, 0.25) is 0 Å². The molecule has 0 spiro atoms. The Labute approximate surface area is 137 Å². The molecule has 1 aliphatic heterocycles. The van der Waals surface area contributed by atoms with Crippen molar-refractivity contribution in [1.29, 1.82) is 0 Å². The van der Waals surface area contributed by atoms with E-state index in [4.69, 9.17) is 14.3 Å². The molecule has 0 saturated heterocycles. The number of aliphatic hydroxyl groups is 1. The third-order valence-electron chi connectivity index (χ3n) is 3.36. The van der Waals surface area contributed by atoms with Crippen molar-refractivity contribution < 1.29 is 24.7 Å². The van der Waals surface area contributed by atoms with E-state index in [1.54, 1.807) is 0 Å². The van der Waals surface area contributed by atoms with Gasteiger partial charge >= 0.3 is 0 Å². The number of allylic oxidation sites excluding steroid dienone is 1. The molecule has 1 aromatic rings. The number of benzene rings is 1. The maximum atomic E-state index is 9.90. The molecule has 1 aromatic carbocycles. The highest BCUT2D eigenvalue weighted by Crippen LogP contribution is 2.32. The van der Waals surface area contributed by atoms with Gasteiger partial charge in [0.25, 0.3) is 0 Å². The number of ether oxygens (including phenoxy) is 2. The summed E-state index contributed by atoms with van der Waals surface area (Å²) >= 11 is 0. The van der Waals surface area contributed by atoms with Crippen molar-refractivity contribution in [2.24, 2.45) is 0 Å². The number of para-hydroxylation sites is 2. The van der Waals surface area contributed by atoms with Gasteiger partial charge < -0.3 is 19.9 Å². The van der Waals surface area contributed by atoms with Crippen LogP contribution in [0.1, 0.15) is 27.7 Å². The fourth-order valence-corrected chi connectivity index (χ4v) is 2.00. The first-order valence-electron chi connectivity index (χ1n) is 7.85. The van der Waals surface area contributed by atoms with Crippen LogP contribution in [0.5, 0.6) is 11.5 Å². The summed E-state index contributed by atoms with van der Waals surface area (Å²) in [6.07, 6.45) is -0.538. The third kappa shape index (κ3) is 5.74. The number of nitrogens with one attached hydrogen (secondary N) is 1. The fourth-order valence-electron chi connectivity index (χ4n) is 2.00. The molecular weight excluding hydrogens is 296 g/mol. The monoisotopic (exact) mass is 323 g/mol. The third-order valence-corrected chi connectivity index (χ3v) is 3.36. The molecule has 0 amide bonds. The minimum atomic E-state index is -0.538. The molecular formula is C17H27N2O4+. The molecule has 0 bridgehead atoms. The van der Waals surface area contributed by atoms with Gasteiger partial charge in [0.05, 0.1) is 11.2 Å². The first-order valence-corrected chi connectivity index (χ1v) is 7.85. The molecule has 1 aliphatic rings. The maximum absolute atomic E-state index is 9.90. The minimum absolute atomic E-state index is 0.0902. The first kappa shape index (κ1) is 17.6. The maximum Gasteiger partial charge on any atom is 0.169 e. The van der Waals surface area contributed by atoms with Crippen LogP contribution in [0.15, 0.2) is 35.7 Å². The SMILES string of the molecule is C/C(NOC[C@@H](O)C[NH2+]C(C)(C)C)=C1/COc2ccccc2O1. The van der Waals surface area contributed by atoms with Crippen LogP contribution in [0.25, 0.3) is 0 Å². The van der Waals surface area contributed by atoms with Gasteiger partial charge in [-0.1, -0.05) is 12.1 Å². The summed E-state index contributed by atoms with van der Waals surface area (Å²) in [5, 5.41) is 12.0. The molecule has 2 rings (SSSR count). The van der Waals surface area contributed by atoms with Gasteiger partial charge in [-0.25, -0.2) is 0 Å². The van der Waals surface area contributed by atoms with Crippen molar-refractivity contribution in [3.63, 3.8) is 0 Å². The van der Waals surface area contributed by atoms with E-state index in [1.807, 2.05) is 31.2 Å². The second kappa shape index (κ2) is 7.68.